The standard InChI is InChI=1S/C12H11BrClFN2/c1-6(2)11-10(13)12(17-16-11)7-3-4-9(15)8(14)5-7/h3-6H,1-2H3,(H,16,17). The Morgan fingerprint density at radius 1 is 1.41 bits per heavy atom. The van der Waals surface area contributed by atoms with Gasteiger partial charge in [0.2, 0.25) is 0 Å². The Kier molecular flexibility index (Phi) is 3.54. The van der Waals surface area contributed by atoms with Crippen molar-refractivity contribution in [2.24, 2.45) is 0 Å². The fourth-order valence-electron chi connectivity index (χ4n) is 1.56. The second-order valence-electron chi connectivity index (χ2n) is 4.08. The maximum Gasteiger partial charge on any atom is 0.141 e. The van der Waals surface area contributed by atoms with Gasteiger partial charge in [-0.05, 0) is 40.0 Å². The van der Waals surface area contributed by atoms with Crippen LogP contribution in [0.2, 0.25) is 5.02 Å². The first kappa shape index (κ1) is 12.6. The van der Waals surface area contributed by atoms with Gasteiger partial charge in [-0.1, -0.05) is 25.4 Å². The first-order chi connectivity index (χ1) is 8.00. The van der Waals surface area contributed by atoms with Gasteiger partial charge in [0, 0.05) is 5.56 Å². The van der Waals surface area contributed by atoms with Gasteiger partial charge in [0.25, 0.3) is 0 Å². The lowest BCUT2D eigenvalue weighted by Crippen LogP contribution is -1.87. The second kappa shape index (κ2) is 4.78. The number of nitrogens with one attached hydrogen (secondary N) is 1. The summed E-state index contributed by atoms with van der Waals surface area (Å²) >= 11 is 9.26. The molecular weight excluding hydrogens is 307 g/mol. The summed E-state index contributed by atoms with van der Waals surface area (Å²) in [5.74, 6) is -0.0901. The van der Waals surface area contributed by atoms with Gasteiger partial charge >= 0.3 is 0 Å². The fraction of sp³-hybridized carbons (Fsp3) is 0.250. The predicted molar refractivity (Wildman–Crippen MR) is 70.8 cm³/mol. The Hall–Kier alpha value is -0.870. The lowest BCUT2D eigenvalue weighted by molar-refractivity contribution is 0.628. The lowest BCUT2D eigenvalue weighted by Gasteiger charge is -2.02. The molecule has 1 heterocycles. The summed E-state index contributed by atoms with van der Waals surface area (Å²) in [4.78, 5) is 0. The molecule has 0 unspecified atom stereocenters. The molecule has 0 aliphatic rings. The maximum atomic E-state index is 13.1. The number of aromatic amines is 1. The van der Waals surface area contributed by atoms with Crippen LogP contribution in [-0.2, 0) is 0 Å². The van der Waals surface area contributed by atoms with E-state index in [0.29, 0.717) is 5.92 Å². The number of halogens is 3. The summed E-state index contributed by atoms with van der Waals surface area (Å²) in [6.07, 6.45) is 0. The third-order valence-corrected chi connectivity index (χ3v) is 3.60. The molecule has 0 bridgehead atoms. The Morgan fingerprint density at radius 2 is 2.12 bits per heavy atom. The van der Waals surface area contributed by atoms with Crippen molar-refractivity contribution in [3.63, 3.8) is 0 Å². The van der Waals surface area contributed by atoms with Crippen molar-refractivity contribution in [1.82, 2.24) is 10.2 Å². The number of H-pyrrole nitrogens is 1. The first-order valence-electron chi connectivity index (χ1n) is 5.20. The summed E-state index contributed by atoms with van der Waals surface area (Å²) in [6.45, 7) is 4.14. The molecule has 1 aromatic carbocycles. The summed E-state index contributed by atoms with van der Waals surface area (Å²) in [5.41, 5.74) is 2.54. The molecule has 0 aliphatic carbocycles. The van der Waals surface area contributed by atoms with Crippen molar-refractivity contribution in [2.75, 3.05) is 0 Å². The molecule has 0 aliphatic heterocycles. The molecule has 1 aromatic heterocycles. The minimum Gasteiger partial charge on any atom is -0.281 e. The van der Waals surface area contributed by atoms with Crippen molar-refractivity contribution in [3.05, 3.63) is 39.2 Å². The normalized spacial score (nSPS) is 11.2. The molecule has 0 atom stereocenters. The highest BCUT2D eigenvalue weighted by molar-refractivity contribution is 9.10. The second-order valence-corrected chi connectivity index (χ2v) is 5.28. The molecule has 5 heteroatoms. The number of aromatic nitrogens is 2. The van der Waals surface area contributed by atoms with Crippen LogP contribution in [0, 0.1) is 5.82 Å². The Bertz CT molecular complexity index is 551. The van der Waals surface area contributed by atoms with E-state index in [2.05, 4.69) is 40.0 Å². The van der Waals surface area contributed by atoms with Crippen LogP contribution in [0.15, 0.2) is 22.7 Å². The van der Waals surface area contributed by atoms with Gasteiger partial charge in [0.05, 0.1) is 15.2 Å². The highest BCUT2D eigenvalue weighted by Gasteiger charge is 2.15. The molecule has 2 rings (SSSR count). The molecule has 90 valence electrons. The van der Waals surface area contributed by atoms with Crippen molar-refractivity contribution in [3.8, 4) is 11.3 Å². The molecule has 0 radical (unpaired) electrons. The van der Waals surface area contributed by atoms with Crippen molar-refractivity contribution >= 4 is 27.5 Å². The van der Waals surface area contributed by atoms with E-state index in [4.69, 9.17) is 11.6 Å². The average molecular weight is 318 g/mol. The monoisotopic (exact) mass is 316 g/mol. The highest BCUT2D eigenvalue weighted by Crippen LogP contribution is 2.33. The van der Waals surface area contributed by atoms with Crippen LogP contribution < -0.4 is 0 Å². The molecule has 1 N–H and O–H groups in total. The van der Waals surface area contributed by atoms with Crippen molar-refractivity contribution in [2.45, 2.75) is 19.8 Å². The Balaban J connectivity index is 2.50. The van der Waals surface area contributed by atoms with E-state index in [1.807, 2.05) is 0 Å². The van der Waals surface area contributed by atoms with Gasteiger partial charge in [-0.3, -0.25) is 5.10 Å². The third kappa shape index (κ3) is 2.38. The zero-order chi connectivity index (χ0) is 12.6. The molecule has 0 spiro atoms. The SMILES string of the molecule is CC(C)c1[nH]nc(-c2ccc(F)c(Cl)c2)c1Br. The molecule has 2 nitrogen and oxygen atoms in total. The molecule has 0 saturated heterocycles. The molecule has 17 heavy (non-hydrogen) atoms. The molecular formula is C12H11BrClFN2. The van der Waals surface area contributed by atoms with Crippen LogP contribution in [0.25, 0.3) is 11.3 Å². The van der Waals surface area contributed by atoms with Crippen LogP contribution >= 0.6 is 27.5 Å². The smallest absolute Gasteiger partial charge is 0.141 e. The Labute approximate surface area is 112 Å². The molecule has 0 saturated carbocycles. The van der Waals surface area contributed by atoms with Crippen molar-refractivity contribution < 1.29 is 4.39 Å². The topological polar surface area (TPSA) is 28.7 Å². The van der Waals surface area contributed by atoms with Crippen molar-refractivity contribution in [1.29, 1.82) is 0 Å². The fourth-order valence-corrected chi connectivity index (χ4v) is 2.60. The number of benzene rings is 1. The lowest BCUT2D eigenvalue weighted by atomic mass is 10.1. The largest absolute Gasteiger partial charge is 0.281 e. The zero-order valence-corrected chi connectivity index (χ0v) is 11.7. The highest BCUT2D eigenvalue weighted by atomic mass is 79.9. The van der Waals surface area contributed by atoms with Gasteiger partial charge in [-0.25, -0.2) is 4.39 Å². The van der Waals surface area contributed by atoms with E-state index in [1.54, 1.807) is 12.1 Å². The minimum atomic E-state index is -0.425. The van der Waals surface area contributed by atoms with Crippen LogP contribution in [0.3, 0.4) is 0 Å². The first-order valence-corrected chi connectivity index (χ1v) is 6.37. The van der Waals surface area contributed by atoms with E-state index in [0.717, 1.165) is 21.4 Å². The summed E-state index contributed by atoms with van der Waals surface area (Å²) < 4.78 is 14.0. The minimum absolute atomic E-state index is 0.100. The number of rotatable bonds is 2. The molecule has 0 amide bonds. The van der Waals surface area contributed by atoms with Crippen LogP contribution in [0.5, 0.6) is 0 Å². The predicted octanol–water partition coefficient (Wildman–Crippen LogP) is 4.76. The van der Waals surface area contributed by atoms with Gasteiger partial charge < -0.3 is 0 Å². The maximum absolute atomic E-state index is 13.1. The van der Waals surface area contributed by atoms with Gasteiger partial charge in [0.15, 0.2) is 0 Å². The number of nitrogens with zero attached hydrogens (tertiary/aromatic N) is 1. The van der Waals surface area contributed by atoms with Crippen LogP contribution in [0.1, 0.15) is 25.5 Å². The van der Waals surface area contributed by atoms with E-state index in [1.165, 1.54) is 6.07 Å². The van der Waals surface area contributed by atoms with Gasteiger partial charge in [0.1, 0.15) is 11.5 Å². The van der Waals surface area contributed by atoms with Gasteiger partial charge in [-0.2, -0.15) is 5.10 Å². The van der Waals surface area contributed by atoms with Crippen LogP contribution in [-0.4, -0.2) is 10.2 Å². The van der Waals surface area contributed by atoms with Crippen LogP contribution in [0.4, 0.5) is 4.39 Å². The van der Waals surface area contributed by atoms with E-state index in [-0.39, 0.29) is 5.02 Å². The number of hydrogen-bond acceptors (Lipinski definition) is 1. The van der Waals surface area contributed by atoms with E-state index >= 15 is 0 Å². The summed E-state index contributed by atoms with van der Waals surface area (Å²) in [6, 6.07) is 4.57. The number of hydrogen-bond donors (Lipinski definition) is 1. The van der Waals surface area contributed by atoms with Gasteiger partial charge in [-0.15, -0.1) is 0 Å². The molecule has 2 aromatic rings. The Morgan fingerprint density at radius 3 is 2.65 bits per heavy atom. The summed E-state index contributed by atoms with van der Waals surface area (Å²) in [7, 11) is 0. The quantitative estimate of drug-likeness (QED) is 0.850. The molecule has 0 fully saturated rings. The third-order valence-electron chi connectivity index (χ3n) is 2.50. The van der Waals surface area contributed by atoms with E-state index < -0.39 is 5.82 Å². The summed E-state index contributed by atoms with van der Waals surface area (Å²) in [5, 5.41) is 7.30. The average Bonchev–Trinajstić information content (AvgIpc) is 2.64. The zero-order valence-electron chi connectivity index (χ0n) is 9.39. The van der Waals surface area contributed by atoms with E-state index in [9.17, 15) is 4.39 Å².